The Bertz CT molecular complexity index is 303. The molecule has 0 rings (SSSR count). The largest absolute Gasteiger partial charge is 0.0885 e. The number of hydrogen-bond donors (Lipinski definition) is 0. The van der Waals surface area contributed by atoms with E-state index in [1.54, 1.807) is 0 Å². The molecule has 0 fully saturated rings. The van der Waals surface area contributed by atoms with Gasteiger partial charge in [-0.05, 0) is 31.6 Å². The predicted molar refractivity (Wildman–Crippen MR) is 136 cm³/mol. The van der Waals surface area contributed by atoms with Crippen LogP contribution in [-0.4, -0.2) is 0 Å². The lowest BCUT2D eigenvalue weighted by molar-refractivity contribution is 0.431. The molecule has 0 aliphatic rings. The maximum Gasteiger partial charge on any atom is -0.0351 e. The highest BCUT2D eigenvalue weighted by atomic mass is 14.1. The molecular formula is C29H58. The Labute approximate surface area is 186 Å². The van der Waals surface area contributed by atoms with Crippen molar-refractivity contribution in [1.82, 2.24) is 0 Å². The summed E-state index contributed by atoms with van der Waals surface area (Å²) in [5.74, 6) is 0.965. The van der Waals surface area contributed by atoms with Crippen molar-refractivity contribution >= 4 is 0 Å². The Morgan fingerprint density at radius 2 is 0.724 bits per heavy atom. The minimum atomic E-state index is 0.965. The van der Waals surface area contributed by atoms with Crippen LogP contribution in [0.5, 0.6) is 0 Å². The van der Waals surface area contributed by atoms with E-state index in [1.165, 1.54) is 148 Å². The van der Waals surface area contributed by atoms with Gasteiger partial charge in [-0.3, -0.25) is 0 Å². The second kappa shape index (κ2) is 25.8. The van der Waals surface area contributed by atoms with Gasteiger partial charge < -0.3 is 0 Å². The van der Waals surface area contributed by atoms with Crippen molar-refractivity contribution in [3.8, 4) is 0 Å². The van der Waals surface area contributed by atoms with E-state index < -0.39 is 0 Å². The summed E-state index contributed by atoms with van der Waals surface area (Å²) < 4.78 is 0. The molecule has 0 saturated carbocycles. The SMILES string of the molecule is CCCCCC/C=C/CCCCCCCCCCCCC(C)CCCCCCC. The summed E-state index contributed by atoms with van der Waals surface area (Å²) in [6, 6.07) is 0. The van der Waals surface area contributed by atoms with Gasteiger partial charge in [0.2, 0.25) is 0 Å². The van der Waals surface area contributed by atoms with Crippen LogP contribution >= 0.6 is 0 Å². The van der Waals surface area contributed by atoms with Crippen LogP contribution in [0.4, 0.5) is 0 Å². The fourth-order valence-corrected chi connectivity index (χ4v) is 4.33. The van der Waals surface area contributed by atoms with Crippen LogP contribution in [0.15, 0.2) is 12.2 Å². The average molecular weight is 407 g/mol. The summed E-state index contributed by atoms with van der Waals surface area (Å²) in [6.07, 6.45) is 37.8. The van der Waals surface area contributed by atoms with E-state index in [0.29, 0.717) is 0 Å². The second-order valence-electron chi connectivity index (χ2n) is 9.74. The van der Waals surface area contributed by atoms with E-state index in [0.717, 1.165) is 5.92 Å². The maximum absolute atomic E-state index is 2.48. The lowest BCUT2D eigenvalue weighted by Gasteiger charge is -2.11. The molecule has 0 amide bonds. The lowest BCUT2D eigenvalue weighted by Crippen LogP contribution is -1.95. The first-order chi connectivity index (χ1) is 14.3. The first-order valence-corrected chi connectivity index (χ1v) is 14.0. The smallest absolute Gasteiger partial charge is 0.0351 e. The fourth-order valence-electron chi connectivity index (χ4n) is 4.33. The molecular weight excluding hydrogens is 348 g/mol. The van der Waals surface area contributed by atoms with Crippen molar-refractivity contribution < 1.29 is 0 Å². The van der Waals surface area contributed by atoms with Gasteiger partial charge in [0.1, 0.15) is 0 Å². The van der Waals surface area contributed by atoms with Crippen molar-refractivity contribution in [2.75, 3.05) is 0 Å². The molecule has 0 aromatic heterocycles. The predicted octanol–water partition coefficient (Wildman–Crippen LogP) is 11.2. The fraction of sp³-hybridized carbons (Fsp3) is 0.931. The first kappa shape index (κ1) is 28.7. The molecule has 1 atom stereocenters. The number of rotatable bonds is 24. The zero-order valence-electron chi connectivity index (χ0n) is 21.0. The van der Waals surface area contributed by atoms with Gasteiger partial charge >= 0.3 is 0 Å². The standard InChI is InChI=1S/C29H58/c1-4-6-8-10-11-12-13-14-15-16-17-18-19-20-21-22-24-26-28-29(3)27-25-23-9-7-5-2/h12-13,29H,4-11,14-28H2,1-3H3/b13-12+. The third kappa shape index (κ3) is 25.7. The molecule has 29 heavy (non-hydrogen) atoms. The highest BCUT2D eigenvalue weighted by molar-refractivity contribution is 4.81. The Morgan fingerprint density at radius 3 is 1.14 bits per heavy atom. The molecule has 0 nitrogen and oxygen atoms in total. The van der Waals surface area contributed by atoms with Gasteiger partial charge in [-0.2, -0.15) is 0 Å². The molecule has 0 aliphatic heterocycles. The minimum Gasteiger partial charge on any atom is -0.0885 e. The van der Waals surface area contributed by atoms with Gasteiger partial charge in [-0.15, -0.1) is 0 Å². The minimum absolute atomic E-state index is 0.965. The van der Waals surface area contributed by atoms with Crippen molar-refractivity contribution in [3.05, 3.63) is 12.2 Å². The summed E-state index contributed by atoms with van der Waals surface area (Å²) in [7, 11) is 0. The Hall–Kier alpha value is -0.260. The quantitative estimate of drug-likeness (QED) is 0.110. The van der Waals surface area contributed by atoms with Gasteiger partial charge in [0, 0.05) is 0 Å². The highest BCUT2D eigenvalue weighted by Gasteiger charge is 2.02. The Balaban J connectivity index is 3.13. The van der Waals surface area contributed by atoms with E-state index >= 15 is 0 Å². The monoisotopic (exact) mass is 406 g/mol. The van der Waals surface area contributed by atoms with Crippen LogP contribution in [0.25, 0.3) is 0 Å². The van der Waals surface area contributed by atoms with Gasteiger partial charge in [0.25, 0.3) is 0 Å². The van der Waals surface area contributed by atoms with E-state index in [-0.39, 0.29) is 0 Å². The molecule has 0 bridgehead atoms. The summed E-state index contributed by atoms with van der Waals surface area (Å²) in [5.41, 5.74) is 0. The van der Waals surface area contributed by atoms with Crippen LogP contribution in [0, 0.1) is 5.92 Å². The van der Waals surface area contributed by atoms with Crippen LogP contribution in [-0.2, 0) is 0 Å². The van der Waals surface area contributed by atoms with Crippen molar-refractivity contribution in [2.45, 2.75) is 168 Å². The second-order valence-corrected chi connectivity index (χ2v) is 9.74. The topological polar surface area (TPSA) is 0 Å². The van der Waals surface area contributed by atoms with Crippen molar-refractivity contribution in [1.29, 1.82) is 0 Å². The molecule has 0 heteroatoms. The van der Waals surface area contributed by atoms with Crippen LogP contribution in [0.3, 0.4) is 0 Å². The average Bonchev–Trinajstić information content (AvgIpc) is 2.72. The van der Waals surface area contributed by atoms with Gasteiger partial charge in [-0.25, -0.2) is 0 Å². The zero-order chi connectivity index (χ0) is 21.3. The number of unbranched alkanes of at least 4 members (excludes halogenated alkanes) is 18. The molecule has 0 heterocycles. The first-order valence-electron chi connectivity index (χ1n) is 14.0. The van der Waals surface area contributed by atoms with Crippen molar-refractivity contribution in [3.63, 3.8) is 0 Å². The summed E-state index contributed by atoms with van der Waals surface area (Å²) >= 11 is 0. The van der Waals surface area contributed by atoms with Gasteiger partial charge in [-0.1, -0.05) is 155 Å². The molecule has 0 radical (unpaired) electrons. The molecule has 0 aliphatic carbocycles. The normalized spacial score (nSPS) is 12.8. The lowest BCUT2D eigenvalue weighted by atomic mass is 9.96. The van der Waals surface area contributed by atoms with E-state index in [4.69, 9.17) is 0 Å². The van der Waals surface area contributed by atoms with E-state index in [9.17, 15) is 0 Å². The molecule has 0 aromatic rings. The Morgan fingerprint density at radius 1 is 0.414 bits per heavy atom. The van der Waals surface area contributed by atoms with Crippen molar-refractivity contribution in [2.24, 2.45) is 5.92 Å². The Kier molecular flexibility index (Phi) is 25.5. The van der Waals surface area contributed by atoms with E-state index in [1.807, 2.05) is 0 Å². The maximum atomic E-state index is 2.48. The molecule has 0 saturated heterocycles. The summed E-state index contributed by atoms with van der Waals surface area (Å²) in [5, 5.41) is 0. The summed E-state index contributed by atoms with van der Waals surface area (Å²) in [4.78, 5) is 0. The number of allylic oxidation sites excluding steroid dienone is 2. The number of hydrogen-bond acceptors (Lipinski definition) is 0. The van der Waals surface area contributed by atoms with Gasteiger partial charge in [0.05, 0.1) is 0 Å². The van der Waals surface area contributed by atoms with Crippen LogP contribution < -0.4 is 0 Å². The molecule has 174 valence electrons. The van der Waals surface area contributed by atoms with E-state index in [2.05, 4.69) is 32.9 Å². The molecule has 0 spiro atoms. The molecule has 0 N–H and O–H groups in total. The van der Waals surface area contributed by atoms with Gasteiger partial charge in [0.15, 0.2) is 0 Å². The highest BCUT2D eigenvalue weighted by Crippen LogP contribution is 2.18. The summed E-state index contributed by atoms with van der Waals surface area (Å²) in [6.45, 7) is 7.07. The zero-order valence-corrected chi connectivity index (χ0v) is 21.0. The third-order valence-corrected chi connectivity index (χ3v) is 6.51. The molecule has 0 aromatic carbocycles. The third-order valence-electron chi connectivity index (χ3n) is 6.51. The molecule has 1 unspecified atom stereocenters. The van der Waals surface area contributed by atoms with Crippen LogP contribution in [0.1, 0.15) is 168 Å². The van der Waals surface area contributed by atoms with Crippen LogP contribution in [0.2, 0.25) is 0 Å².